The van der Waals surface area contributed by atoms with E-state index in [1.165, 1.54) is 24.3 Å². The largest absolute Gasteiger partial charge is 0.465 e. The lowest BCUT2D eigenvalue weighted by molar-refractivity contribution is -0.142. The minimum Gasteiger partial charge on any atom is -0.465 e. The third-order valence-electron chi connectivity index (χ3n) is 4.57. The van der Waals surface area contributed by atoms with Crippen molar-refractivity contribution in [1.29, 1.82) is 0 Å². The Hall–Kier alpha value is -3.24. The van der Waals surface area contributed by atoms with Crippen LogP contribution in [0.4, 0.5) is 5.69 Å². The lowest BCUT2D eigenvalue weighted by Gasteiger charge is -2.21. The topological polar surface area (TPSA) is 119 Å². The van der Waals surface area contributed by atoms with Gasteiger partial charge in [0.25, 0.3) is 5.91 Å². The molecule has 2 aromatic rings. The molecule has 170 valence electrons. The number of carbonyl (C=O) groups excluding carboxylic acids is 3. The highest BCUT2D eigenvalue weighted by molar-refractivity contribution is 7.89. The fraction of sp³-hybridized carbons (Fsp3) is 0.318. The van der Waals surface area contributed by atoms with Crippen LogP contribution in [0.25, 0.3) is 0 Å². The lowest BCUT2D eigenvalue weighted by atomic mass is 10.2. The van der Waals surface area contributed by atoms with Crippen LogP contribution in [0.5, 0.6) is 0 Å². The number of sulfonamides is 1. The predicted molar refractivity (Wildman–Crippen MR) is 115 cm³/mol. The molecule has 3 rings (SSSR count). The van der Waals surface area contributed by atoms with Crippen LogP contribution in [-0.4, -0.2) is 52.1 Å². The normalized spacial score (nSPS) is 13.3. The van der Waals surface area contributed by atoms with E-state index in [1.54, 1.807) is 37.3 Å². The number of carbonyl (C=O) groups is 3. The molecule has 0 bridgehead atoms. The summed E-state index contributed by atoms with van der Waals surface area (Å²) in [5, 5.41) is 0. The molecular formula is C22H24N2O7S. The second-order valence-corrected chi connectivity index (χ2v) is 8.83. The number of amides is 1. The number of nitrogens with one attached hydrogen (secondary N) is 1. The fourth-order valence-corrected chi connectivity index (χ4v) is 4.18. The van der Waals surface area contributed by atoms with E-state index in [-0.39, 0.29) is 29.7 Å². The van der Waals surface area contributed by atoms with E-state index in [0.717, 1.165) is 17.7 Å². The highest BCUT2D eigenvalue weighted by atomic mass is 32.2. The predicted octanol–water partition coefficient (Wildman–Crippen LogP) is 1.88. The van der Waals surface area contributed by atoms with Crippen molar-refractivity contribution in [3.05, 3.63) is 60.2 Å². The van der Waals surface area contributed by atoms with E-state index in [9.17, 15) is 22.8 Å². The SMILES string of the molecule is CCOC(=O)CN(C(=O)COC(=O)c1cccc(S(=O)(=O)NC2CC2)c1)c1ccccc1. The van der Waals surface area contributed by atoms with Crippen molar-refractivity contribution in [1.82, 2.24) is 4.72 Å². The lowest BCUT2D eigenvalue weighted by Crippen LogP contribution is -2.39. The fourth-order valence-electron chi connectivity index (χ4n) is 2.83. The first-order valence-corrected chi connectivity index (χ1v) is 11.6. The first-order valence-electron chi connectivity index (χ1n) is 10.1. The minimum absolute atomic E-state index is 0.00637. The van der Waals surface area contributed by atoms with Gasteiger partial charge in [0, 0.05) is 11.7 Å². The van der Waals surface area contributed by atoms with Crippen molar-refractivity contribution in [3.63, 3.8) is 0 Å². The summed E-state index contributed by atoms with van der Waals surface area (Å²) in [6.45, 7) is 0.849. The first kappa shape index (κ1) is 23.4. The molecule has 10 heteroatoms. The van der Waals surface area contributed by atoms with Gasteiger partial charge < -0.3 is 9.47 Å². The molecular weight excluding hydrogens is 436 g/mol. The highest BCUT2D eigenvalue weighted by Crippen LogP contribution is 2.22. The van der Waals surface area contributed by atoms with Crippen LogP contribution in [-0.2, 0) is 29.1 Å². The van der Waals surface area contributed by atoms with Gasteiger partial charge in [0.2, 0.25) is 10.0 Å². The summed E-state index contributed by atoms with van der Waals surface area (Å²) in [4.78, 5) is 38.2. The van der Waals surface area contributed by atoms with Gasteiger partial charge in [-0.1, -0.05) is 24.3 Å². The Morgan fingerprint density at radius 2 is 1.75 bits per heavy atom. The summed E-state index contributed by atoms with van der Waals surface area (Å²) in [5.74, 6) is -2.08. The van der Waals surface area contributed by atoms with Crippen molar-refractivity contribution in [2.24, 2.45) is 0 Å². The van der Waals surface area contributed by atoms with Crippen LogP contribution in [0.2, 0.25) is 0 Å². The Morgan fingerprint density at radius 1 is 1.03 bits per heavy atom. The van der Waals surface area contributed by atoms with Gasteiger partial charge in [0.05, 0.1) is 17.1 Å². The summed E-state index contributed by atoms with van der Waals surface area (Å²) in [6.07, 6.45) is 1.57. The molecule has 1 amide bonds. The van der Waals surface area contributed by atoms with Crippen molar-refractivity contribution >= 4 is 33.6 Å². The summed E-state index contributed by atoms with van der Waals surface area (Å²) in [6, 6.07) is 13.8. The summed E-state index contributed by atoms with van der Waals surface area (Å²) in [5.41, 5.74) is 0.439. The third-order valence-corrected chi connectivity index (χ3v) is 6.09. The Bertz CT molecular complexity index is 1080. The molecule has 0 spiro atoms. The first-order chi connectivity index (χ1) is 15.3. The molecule has 1 N–H and O–H groups in total. The molecule has 0 unspecified atom stereocenters. The maximum Gasteiger partial charge on any atom is 0.338 e. The van der Waals surface area contributed by atoms with Gasteiger partial charge >= 0.3 is 11.9 Å². The second kappa shape index (κ2) is 10.4. The molecule has 9 nitrogen and oxygen atoms in total. The van der Waals surface area contributed by atoms with Gasteiger partial charge in [-0.05, 0) is 50.1 Å². The quantitative estimate of drug-likeness (QED) is 0.538. The number of esters is 2. The van der Waals surface area contributed by atoms with Crippen LogP contribution in [0.3, 0.4) is 0 Å². The molecule has 0 aliphatic heterocycles. The number of hydrogen-bond acceptors (Lipinski definition) is 7. The molecule has 2 aromatic carbocycles. The van der Waals surface area contributed by atoms with Crippen molar-refractivity contribution < 1.29 is 32.3 Å². The van der Waals surface area contributed by atoms with Gasteiger partial charge in [-0.25, -0.2) is 17.9 Å². The number of benzene rings is 2. The molecule has 1 aliphatic carbocycles. The Labute approximate surface area is 186 Å². The molecule has 0 radical (unpaired) electrons. The molecule has 32 heavy (non-hydrogen) atoms. The van der Waals surface area contributed by atoms with Gasteiger partial charge in [-0.3, -0.25) is 14.5 Å². The van der Waals surface area contributed by atoms with Crippen molar-refractivity contribution in [2.75, 3.05) is 24.7 Å². The van der Waals surface area contributed by atoms with E-state index in [2.05, 4.69) is 4.72 Å². The zero-order valence-corrected chi connectivity index (χ0v) is 18.3. The van der Waals surface area contributed by atoms with Gasteiger partial charge in [-0.15, -0.1) is 0 Å². The van der Waals surface area contributed by atoms with Crippen LogP contribution < -0.4 is 9.62 Å². The van der Waals surface area contributed by atoms with E-state index >= 15 is 0 Å². The van der Waals surface area contributed by atoms with Crippen LogP contribution >= 0.6 is 0 Å². The Morgan fingerprint density at radius 3 is 2.41 bits per heavy atom. The average Bonchev–Trinajstić information content (AvgIpc) is 3.60. The molecule has 1 aliphatic rings. The van der Waals surface area contributed by atoms with E-state index in [1.807, 2.05) is 0 Å². The van der Waals surface area contributed by atoms with Gasteiger partial charge in [0.1, 0.15) is 6.54 Å². The molecule has 1 fully saturated rings. The maximum absolute atomic E-state index is 12.7. The maximum atomic E-state index is 12.7. The van der Waals surface area contributed by atoms with E-state index in [0.29, 0.717) is 5.69 Å². The van der Waals surface area contributed by atoms with Crippen LogP contribution in [0.15, 0.2) is 59.5 Å². The van der Waals surface area contributed by atoms with Crippen molar-refractivity contribution in [3.8, 4) is 0 Å². The van der Waals surface area contributed by atoms with Gasteiger partial charge in [-0.2, -0.15) is 0 Å². The van der Waals surface area contributed by atoms with Crippen LogP contribution in [0.1, 0.15) is 30.1 Å². The number of nitrogens with zero attached hydrogens (tertiary/aromatic N) is 1. The standard InChI is InChI=1S/C22H24N2O7S/c1-2-30-21(26)14-24(18-8-4-3-5-9-18)20(25)15-31-22(27)16-7-6-10-19(13-16)32(28,29)23-17-11-12-17/h3-10,13,17,23H,2,11-12,14-15H2,1H3. The Kier molecular flexibility index (Phi) is 7.60. The summed E-state index contributed by atoms with van der Waals surface area (Å²) >= 11 is 0. The second-order valence-electron chi connectivity index (χ2n) is 7.12. The van der Waals surface area contributed by atoms with Crippen molar-refractivity contribution in [2.45, 2.75) is 30.7 Å². The Balaban J connectivity index is 1.67. The zero-order valence-electron chi connectivity index (χ0n) is 17.5. The van der Waals surface area contributed by atoms with E-state index in [4.69, 9.17) is 9.47 Å². The molecule has 1 saturated carbocycles. The molecule has 0 heterocycles. The molecule has 0 aromatic heterocycles. The van der Waals surface area contributed by atoms with E-state index < -0.39 is 34.5 Å². The number of hydrogen-bond donors (Lipinski definition) is 1. The smallest absolute Gasteiger partial charge is 0.338 e. The number of para-hydroxylation sites is 1. The van der Waals surface area contributed by atoms with Gasteiger partial charge in [0.15, 0.2) is 6.61 Å². The average molecular weight is 461 g/mol. The number of ether oxygens (including phenoxy) is 2. The minimum atomic E-state index is -3.74. The summed E-state index contributed by atoms with van der Waals surface area (Å²) < 4.78 is 37.3. The zero-order chi connectivity index (χ0) is 23.1. The van der Waals surface area contributed by atoms with Crippen LogP contribution in [0, 0.1) is 0 Å². The molecule has 0 saturated heterocycles. The summed E-state index contributed by atoms with van der Waals surface area (Å²) in [7, 11) is -3.74. The number of rotatable bonds is 10. The third kappa shape index (κ3) is 6.38. The number of anilines is 1. The highest BCUT2D eigenvalue weighted by Gasteiger charge is 2.28. The monoisotopic (exact) mass is 460 g/mol. The molecule has 0 atom stereocenters.